The molecular formula is C6H9BN2O2. The summed E-state index contributed by atoms with van der Waals surface area (Å²) in [6.45, 7) is 3.56. The van der Waals surface area contributed by atoms with Crippen LogP contribution >= 0.6 is 0 Å². The monoisotopic (exact) mass is 152 g/mol. The van der Waals surface area contributed by atoms with Gasteiger partial charge in [-0.25, -0.2) is 9.97 Å². The minimum atomic E-state index is -1.58. The van der Waals surface area contributed by atoms with Gasteiger partial charge in [0.05, 0.1) is 0 Å². The van der Waals surface area contributed by atoms with Crippen molar-refractivity contribution in [3.63, 3.8) is 0 Å². The average Bonchev–Trinajstić information content (AvgIpc) is 1.85. The number of aryl methyl sites for hydroxylation is 2. The summed E-state index contributed by atoms with van der Waals surface area (Å²) in [5.41, 5.74) is 1.53. The van der Waals surface area contributed by atoms with Crippen molar-refractivity contribution in [2.24, 2.45) is 0 Å². The van der Waals surface area contributed by atoms with Gasteiger partial charge in [-0.3, -0.25) is 0 Å². The first-order valence-electron chi connectivity index (χ1n) is 3.28. The van der Waals surface area contributed by atoms with Crippen molar-refractivity contribution in [1.29, 1.82) is 0 Å². The maximum atomic E-state index is 8.70. The van der Waals surface area contributed by atoms with E-state index < -0.39 is 7.12 Å². The molecule has 1 aromatic heterocycles. The number of aromatic nitrogens is 2. The van der Waals surface area contributed by atoms with E-state index in [1.165, 1.54) is 0 Å². The first-order valence-corrected chi connectivity index (χ1v) is 3.28. The zero-order valence-electron chi connectivity index (χ0n) is 6.44. The maximum Gasteiger partial charge on any atom is 0.528 e. The molecule has 0 unspecified atom stereocenters. The van der Waals surface area contributed by atoms with Crippen molar-refractivity contribution >= 4 is 12.8 Å². The quantitative estimate of drug-likeness (QED) is 0.494. The van der Waals surface area contributed by atoms with Crippen molar-refractivity contribution in [3.05, 3.63) is 17.5 Å². The van der Waals surface area contributed by atoms with Gasteiger partial charge in [0.2, 0.25) is 0 Å². The Morgan fingerprint density at radius 1 is 1.18 bits per heavy atom. The van der Waals surface area contributed by atoms with Crippen LogP contribution in [0.1, 0.15) is 11.4 Å². The number of hydrogen-bond acceptors (Lipinski definition) is 4. The van der Waals surface area contributed by atoms with Crippen LogP contribution in [0.5, 0.6) is 0 Å². The molecule has 0 aromatic carbocycles. The molecule has 0 saturated carbocycles. The Labute approximate surface area is 65.1 Å². The second-order valence-electron chi connectivity index (χ2n) is 2.38. The van der Waals surface area contributed by atoms with E-state index in [0.29, 0.717) is 0 Å². The Morgan fingerprint density at radius 3 is 2.00 bits per heavy atom. The molecule has 58 valence electrons. The molecule has 5 heteroatoms. The minimum Gasteiger partial charge on any atom is -0.421 e. The van der Waals surface area contributed by atoms with E-state index in [4.69, 9.17) is 10.0 Å². The van der Waals surface area contributed by atoms with Crippen LogP contribution in [-0.2, 0) is 0 Å². The molecule has 1 rings (SSSR count). The maximum absolute atomic E-state index is 8.70. The van der Waals surface area contributed by atoms with Crippen LogP contribution < -0.4 is 5.72 Å². The van der Waals surface area contributed by atoms with E-state index in [9.17, 15) is 0 Å². The zero-order valence-corrected chi connectivity index (χ0v) is 6.44. The fraction of sp³-hybridized carbons (Fsp3) is 0.333. The summed E-state index contributed by atoms with van der Waals surface area (Å²) in [4.78, 5) is 7.64. The summed E-state index contributed by atoms with van der Waals surface area (Å²) in [6.07, 6.45) is 0. The van der Waals surface area contributed by atoms with Gasteiger partial charge in [0.15, 0.2) is 5.72 Å². The van der Waals surface area contributed by atoms with E-state index in [1.807, 2.05) is 0 Å². The largest absolute Gasteiger partial charge is 0.528 e. The van der Waals surface area contributed by atoms with Gasteiger partial charge in [-0.2, -0.15) is 0 Å². The van der Waals surface area contributed by atoms with Crippen LogP contribution in [-0.4, -0.2) is 27.1 Å². The molecule has 0 bridgehead atoms. The van der Waals surface area contributed by atoms with Gasteiger partial charge in [-0.1, -0.05) is 0 Å². The summed E-state index contributed by atoms with van der Waals surface area (Å²) in [7, 11) is -1.58. The highest BCUT2D eigenvalue weighted by molar-refractivity contribution is 6.56. The Morgan fingerprint density at radius 2 is 1.64 bits per heavy atom. The van der Waals surface area contributed by atoms with Crippen LogP contribution in [0.2, 0.25) is 0 Å². The molecule has 1 aromatic rings. The predicted octanol–water partition coefficient (Wildman–Crippen LogP) is -1.23. The third kappa shape index (κ3) is 1.99. The number of hydrogen-bond donors (Lipinski definition) is 2. The molecule has 0 saturated heterocycles. The van der Waals surface area contributed by atoms with Gasteiger partial charge in [0.25, 0.3) is 0 Å². The summed E-state index contributed by atoms with van der Waals surface area (Å²) >= 11 is 0. The number of rotatable bonds is 1. The Balaban J connectivity index is 3.08. The first kappa shape index (κ1) is 8.16. The van der Waals surface area contributed by atoms with Gasteiger partial charge < -0.3 is 10.0 Å². The summed E-state index contributed by atoms with van der Waals surface area (Å²) in [6, 6.07) is 1.77. The van der Waals surface area contributed by atoms with Gasteiger partial charge in [0, 0.05) is 11.4 Å². The first-order chi connectivity index (χ1) is 5.09. The highest BCUT2D eigenvalue weighted by Crippen LogP contribution is 1.91. The molecule has 0 fully saturated rings. The lowest BCUT2D eigenvalue weighted by atomic mass is 9.90. The summed E-state index contributed by atoms with van der Waals surface area (Å²) < 4.78 is 0. The third-order valence-corrected chi connectivity index (χ3v) is 1.23. The van der Waals surface area contributed by atoms with E-state index in [-0.39, 0.29) is 5.72 Å². The molecule has 0 aliphatic heterocycles. The molecule has 0 aliphatic carbocycles. The summed E-state index contributed by atoms with van der Waals surface area (Å²) in [5.74, 6) is 0. The minimum absolute atomic E-state index is 0.0579. The Hall–Kier alpha value is -0.935. The lowest BCUT2D eigenvalue weighted by molar-refractivity contribution is 0.422. The van der Waals surface area contributed by atoms with Gasteiger partial charge in [-0.15, -0.1) is 0 Å². The van der Waals surface area contributed by atoms with Gasteiger partial charge in [-0.05, 0) is 19.9 Å². The summed E-state index contributed by atoms with van der Waals surface area (Å²) in [5, 5.41) is 17.4. The van der Waals surface area contributed by atoms with Gasteiger partial charge >= 0.3 is 7.12 Å². The second kappa shape index (κ2) is 2.98. The molecule has 0 atom stereocenters. The Kier molecular flexibility index (Phi) is 2.21. The molecule has 11 heavy (non-hydrogen) atoms. The Bertz CT molecular complexity index is 245. The van der Waals surface area contributed by atoms with E-state index >= 15 is 0 Å². The van der Waals surface area contributed by atoms with Crippen LogP contribution in [0.3, 0.4) is 0 Å². The highest BCUT2D eigenvalue weighted by atomic mass is 16.4. The molecule has 0 spiro atoms. The second-order valence-corrected chi connectivity index (χ2v) is 2.38. The fourth-order valence-corrected chi connectivity index (χ4v) is 0.869. The molecule has 1 heterocycles. The fourth-order valence-electron chi connectivity index (χ4n) is 0.869. The topological polar surface area (TPSA) is 66.2 Å². The van der Waals surface area contributed by atoms with Crippen LogP contribution in [0.15, 0.2) is 6.07 Å². The van der Waals surface area contributed by atoms with Crippen molar-refractivity contribution in [2.75, 3.05) is 0 Å². The molecule has 0 radical (unpaired) electrons. The SMILES string of the molecule is Cc1cc(C)nc(B(O)O)n1. The smallest absolute Gasteiger partial charge is 0.421 e. The third-order valence-electron chi connectivity index (χ3n) is 1.23. The molecule has 2 N–H and O–H groups in total. The van der Waals surface area contributed by atoms with Crippen molar-refractivity contribution in [1.82, 2.24) is 9.97 Å². The van der Waals surface area contributed by atoms with Crippen LogP contribution in [0, 0.1) is 13.8 Å². The van der Waals surface area contributed by atoms with Gasteiger partial charge in [0.1, 0.15) is 0 Å². The molecular weight excluding hydrogens is 143 g/mol. The van der Waals surface area contributed by atoms with Crippen molar-refractivity contribution < 1.29 is 10.0 Å². The van der Waals surface area contributed by atoms with Crippen molar-refractivity contribution in [2.45, 2.75) is 13.8 Å². The van der Waals surface area contributed by atoms with E-state index in [0.717, 1.165) is 11.4 Å². The zero-order chi connectivity index (χ0) is 8.43. The molecule has 0 aliphatic rings. The molecule has 0 amide bonds. The normalized spacial score (nSPS) is 9.82. The van der Waals surface area contributed by atoms with Crippen LogP contribution in [0.4, 0.5) is 0 Å². The average molecular weight is 152 g/mol. The van der Waals surface area contributed by atoms with Crippen molar-refractivity contribution in [3.8, 4) is 0 Å². The number of nitrogens with zero attached hydrogens (tertiary/aromatic N) is 2. The van der Waals surface area contributed by atoms with E-state index in [1.54, 1.807) is 19.9 Å². The lowest BCUT2D eigenvalue weighted by Crippen LogP contribution is -2.36. The highest BCUT2D eigenvalue weighted by Gasteiger charge is 2.14. The molecule has 4 nitrogen and oxygen atoms in total. The lowest BCUT2D eigenvalue weighted by Gasteiger charge is -2.00. The van der Waals surface area contributed by atoms with Crippen LogP contribution in [0.25, 0.3) is 0 Å². The standard InChI is InChI=1S/C6H9BN2O2/c1-4-3-5(2)9-6(8-4)7(10)11/h3,10-11H,1-2H3. The predicted molar refractivity (Wildman–Crippen MR) is 41.3 cm³/mol. The van der Waals surface area contributed by atoms with E-state index in [2.05, 4.69) is 9.97 Å².